The summed E-state index contributed by atoms with van der Waals surface area (Å²) in [5, 5.41) is 0. The number of pyridine rings is 1. The van der Waals surface area contributed by atoms with Crippen LogP contribution in [0.15, 0.2) is 23.4 Å². The van der Waals surface area contributed by atoms with Gasteiger partial charge in [-0.25, -0.2) is 0 Å². The maximum absolute atomic E-state index is 7.48. The molecule has 1 aromatic rings. The van der Waals surface area contributed by atoms with Gasteiger partial charge in [0.1, 0.15) is 0 Å². The Balaban J connectivity index is 3.28. The largest absolute Gasteiger partial charge is 0.266 e. The number of nitrogens with one attached hydrogen (secondary N) is 2. The summed E-state index contributed by atoms with van der Waals surface area (Å²) >= 11 is 0. The van der Waals surface area contributed by atoms with Crippen molar-refractivity contribution >= 4 is 9.62 Å². The van der Waals surface area contributed by atoms with Crippen molar-refractivity contribution in [2.24, 2.45) is 0 Å². The van der Waals surface area contributed by atoms with Crippen LogP contribution in [0, 0.1) is 16.5 Å². The Morgan fingerprint density at radius 2 is 2.00 bits per heavy atom. The molecule has 0 aromatic carbocycles. The molecule has 0 atom stereocenters. The van der Waals surface area contributed by atoms with Gasteiger partial charge < -0.3 is 0 Å². The molecular formula is C7H11N3S. The van der Waals surface area contributed by atoms with E-state index in [0.717, 1.165) is 10.5 Å². The molecule has 0 aliphatic heterocycles. The summed E-state index contributed by atoms with van der Waals surface area (Å²) in [4.78, 5) is 4.65. The molecule has 4 heteroatoms. The van der Waals surface area contributed by atoms with Crippen LogP contribution in [-0.4, -0.2) is 11.2 Å². The van der Waals surface area contributed by atoms with Crippen LogP contribution < -0.4 is 0 Å². The third kappa shape index (κ3) is 2.01. The van der Waals surface area contributed by atoms with Crippen LogP contribution in [0.1, 0.15) is 5.56 Å². The van der Waals surface area contributed by atoms with Gasteiger partial charge in [0.2, 0.25) is 0 Å². The predicted octanol–water partition coefficient (Wildman–Crippen LogP) is 2.06. The van der Waals surface area contributed by atoms with Gasteiger partial charge in [0.25, 0.3) is 0 Å². The van der Waals surface area contributed by atoms with Gasteiger partial charge in [-0.05, 0) is 28.2 Å². The quantitative estimate of drug-likeness (QED) is 0.664. The number of hydrogen-bond acceptors (Lipinski definition) is 3. The van der Waals surface area contributed by atoms with Gasteiger partial charge in [0, 0.05) is 23.5 Å². The first-order chi connectivity index (χ1) is 5.00. The van der Waals surface area contributed by atoms with Gasteiger partial charge in [0.05, 0.1) is 0 Å². The van der Waals surface area contributed by atoms with Gasteiger partial charge in [-0.1, -0.05) is 0 Å². The Bertz CT molecular complexity index is 354. The highest BCUT2D eigenvalue weighted by atomic mass is 32.2. The zero-order valence-corrected chi connectivity index (χ0v) is 7.40. The molecule has 60 valence electrons. The number of aryl methyl sites for hydroxylation is 1. The molecular weight excluding hydrogens is 158 g/mol. The molecule has 2 N–H and O–H groups in total. The normalized spacial score (nSPS) is 11.5. The zero-order valence-electron chi connectivity index (χ0n) is 6.59. The van der Waals surface area contributed by atoms with E-state index in [9.17, 15) is 0 Å². The summed E-state index contributed by atoms with van der Waals surface area (Å²) in [5.74, 6) is 0. The Morgan fingerprint density at radius 1 is 1.36 bits per heavy atom. The number of nitrogens with zero attached hydrogens (tertiary/aromatic N) is 1. The first kappa shape index (κ1) is 8.20. The minimum atomic E-state index is -2.09. The van der Waals surface area contributed by atoms with E-state index in [-0.39, 0.29) is 0 Å². The second kappa shape index (κ2) is 2.62. The van der Waals surface area contributed by atoms with Crippen molar-refractivity contribution in [2.45, 2.75) is 11.8 Å². The molecule has 0 bridgehead atoms. The van der Waals surface area contributed by atoms with E-state index < -0.39 is 9.62 Å². The fraction of sp³-hybridized carbons (Fsp3) is 0.286. The minimum absolute atomic E-state index is 0.720. The summed E-state index contributed by atoms with van der Waals surface area (Å²) in [6.45, 7) is 1.92. The highest BCUT2D eigenvalue weighted by Crippen LogP contribution is 2.09. The molecule has 0 unspecified atom stereocenters. The molecule has 0 aliphatic rings. The lowest BCUT2D eigenvalue weighted by molar-refractivity contribution is 1.18. The highest BCUT2D eigenvalue weighted by Gasteiger charge is 1.98. The lowest BCUT2D eigenvalue weighted by Gasteiger charge is -2.03. The third-order valence-corrected chi connectivity index (χ3v) is 2.49. The van der Waals surface area contributed by atoms with Gasteiger partial charge in [-0.3, -0.25) is 14.5 Å². The van der Waals surface area contributed by atoms with E-state index in [0.29, 0.717) is 0 Å². The molecule has 11 heavy (non-hydrogen) atoms. The fourth-order valence-corrected chi connectivity index (χ4v) is 1.44. The van der Waals surface area contributed by atoms with E-state index in [4.69, 9.17) is 9.56 Å². The Kier molecular flexibility index (Phi) is 1.95. The summed E-state index contributed by atoms with van der Waals surface area (Å²) < 4.78 is 15.0. The summed E-state index contributed by atoms with van der Waals surface area (Å²) in [7, 11) is -2.09. The summed E-state index contributed by atoms with van der Waals surface area (Å²) in [5.41, 5.74) is 1.01. The maximum Gasteiger partial charge on any atom is 0.0459 e. The van der Waals surface area contributed by atoms with Crippen LogP contribution in [0.25, 0.3) is 0 Å². The van der Waals surface area contributed by atoms with Crippen molar-refractivity contribution in [1.29, 1.82) is 9.56 Å². The molecule has 0 saturated carbocycles. The predicted molar refractivity (Wildman–Crippen MR) is 46.0 cm³/mol. The van der Waals surface area contributed by atoms with E-state index >= 15 is 0 Å². The summed E-state index contributed by atoms with van der Waals surface area (Å²) in [6, 6.07) is 1.85. The average molecular weight is 169 g/mol. The standard InChI is InChI=1S/C7H11N3S/c1-6-3-7(5-10-4-6)11(2,8)9/h3-5,8-9H,1-2H3. The van der Waals surface area contributed by atoms with Crippen molar-refractivity contribution < 1.29 is 0 Å². The van der Waals surface area contributed by atoms with Crippen LogP contribution in [-0.2, 0) is 9.62 Å². The van der Waals surface area contributed by atoms with Crippen molar-refractivity contribution in [3.05, 3.63) is 24.0 Å². The second-order valence-electron chi connectivity index (χ2n) is 2.62. The topological polar surface area (TPSA) is 60.6 Å². The van der Waals surface area contributed by atoms with Crippen LogP contribution in [0.3, 0.4) is 0 Å². The van der Waals surface area contributed by atoms with Crippen molar-refractivity contribution in [1.82, 2.24) is 4.98 Å². The molecule has 0 radical (unpaired) electrons. The Morgan fingerprint density at radius 3 is 2.36 bits per heavy atom. The van der Waals surface area contributed by atoms with Crippen LogP contribution in [0.5, 0.6) is 0 Å². The fourth-order valence-electron chi connectivity index (χ4n) is 0.750. The van der Waals surface area contributed by atoms with Crippen molar-refractivity contribution in [3.63, 3.8) is 0 Å². The first-order valence-corrected chi connectivity index (χ1v) is 5.23. The Labute approximate surface area is 66.9 Å². The van der Waals surface area contributed by atoms with E-state index in [1.165, 1.54) is 0 Å². The lowest BCUT2D eigenvalue weighted by Crippen LogP contribution is -1.93. The number of rotatable bonds is 1. The molecule has 1 rings (SSSR count). The summed E-state index contributed by atoms with van der Waals surface area (Å²) in [6.07, 6.45) is 4.94. The zero-order chi connectivity index (χ0) is 8.48. The van der Waals surface area contributed by atoms with Gasteiger partial charge >= 0.3 is 0 Å². The van der Waals surface area contributed by atoms with Gasteiger partial charge in [-0.15, -0.1) is 0 Å². The van der Waals surface area contributed by atoms with E-state index in [2.05, 4.69) is 4.98 Å². The van der Waals surface area contributed by atoms with E-state index in [1.807, 2.05) is 13.0 Å². The van der Waals surface area contributed by atoms with Crippen LogP contribution in [0.4, 0.5) is 0 Å². The SMILES string of the molecule is Cc1cncc(S(C)(=N)=N)c1. The highest BCUT2D eigenvalue weighted by molar-refractivity contribution is 7.92. The third-order valence-electron chi connectivity index (χ3n) is 1.32. The first-order valence-electron chi connectivity index (χ1n) is 3.19. The molecule has 0 fully saturated rings. The number of aromatic nitrogens is 1. The lowest BCUT2D eigenvalue weighted by atomic mass is 10.3. The molecule has 0 saturated heterocycles. The molecule has 3 nitrogen and oxygen atoms in total. The van der Waals surface area contributed by atoms with E-state index in [1.54, 1.807) is 18.6 Å². The molecule has 1 heterocycles. The number of hydrogen-bond donors (Lipinski definition) is 2. The van der Waals surface area contributed by atoms with Crippen LogP contribution >= 0.6 is 0 Å². The minimum Gasteiger partial charge on any atom is -0.266 e. The molecule has 0 amide bonds. The monoisotopic (exact) mass is 169 g/mol. The van der Waals surface area contributed by atoms with Gasteiger partial charge in [0.15, 0.2) is 0 Å². The van der Waals surface area contributed by atoms with Crippen molar-refractivity contribution in [3.8, 4) is 0 Å². The van der Waals surface area contributed by atoms with Gasteiger partial charge in [-0.2, -0.15) is 0 Å². The van der Waals surface area contributed by atoms with Crippen LogP contribution in [0.2, 0.25) is 0 Å². The molecule has 1 aromatic heterocycles. The second-order valence-corrected chi connectivity index (χ2v) is 4.93. The maximum atomic E-state index is 7.48. The Hall–Kier alpha value is -0.900. The molecule has 0 aliphatic carbocycles. The van der Waals surface area contributed by atoms with Crippen molar-refractivity contribution in [2.75, 3.05) is 6.26 Å². The molecule has 0 spiro atoms. The average Bonchev–Trinajstić information content (AvgIpc) is 1.86. The smallest absolute Gasteiger partial charge is 0.0459 e.